The summed E-state index contributed by atoms with van der Waals surface area (Å²) in [7, 11) is 0. The smallest absolute Gasteiger partial charge is 0.334 e. The molecule has 0 saturated carbocycles. The number of nitriles is 1. The van der Waals surface area contributed by atoms with Gasteiger partial charge in [0.1, 0.15) is 6.04 Å². The van der Waals surface area contributed by atoms with Crippen LogP contribution in [0, 0.1) is 11.3 Å². The zero-order chi connectivity index (χ0) is 9.84. The van der Waals surface area contributed by atoms with Gasteiger partial charge in [-0.05, 0) is 12.1 Å². The summed E-state index contributed by atoms with van der Waals surface area (Å²) in [6, 6.07) is 1.14. The molecule has 0 aliphatic heterocycles. The number of hydrogen-bond acceptors (Lipinski definition) is 5. The minimum absolute atomic E-state index is 0.243. The van der Waals surface area contributed by atoms with Gasteiger partial charge in [0, 0.05) is 0 Å². The SMILES string of the molecule is CC(C#N)NC(=O)c1noc(=O)[nH]1. The number of carbonyl (C=O) groups excluding carboxylic acids is 1. The molecular weight excluding hydrogens is 176 g/mol. The maximum absolute atomic E-state index is 11.1. The second-order valence-corrected chi connectivity index (χ2v) is 2.27. The Bertz CT molecular complexity index is 399. The van der Waals surface area contributed by atoms with E-state index in [2.05, 4.69) is 20.0 Å². The monoisotopic (exact) mass is 182 g/mol. The van der Waals surface area contributed by atoms with Crippen molar-refractivity contribution in [1.29, 1.82) is 5.26 Å². The highest BCUT2D eigenvalue weighted by atomic mass is 16.5. The molecule has 13 heavy (non-hydrogen) atoms. The van der Waals surface area contributed by atoms with Crippen LogP contribution >= 0.6 is 0 Å². The topological polar surface area (TPSA) is 112 Å². The number of rotatable bonds is 2. The third kappa shape index (κ3) is 2.16. The van der Waals surface area contributed by atoms with Gasteiger partial charge >= 0.3 is 5.76 Å². The molecule has 0 aliphatic carbocycles. The van der Waals surface area contributed by atoms with Crippen molar-refractivity contribution >= 4 is 5.91 Å². The summed E-state index contributed by atoms with van der Waals surface area (Å²) in [4.78, 5) is 23.5. The molecule has 0 aromatic carbocycles. The maximum atomic E-state index is 11.1. The first-order chi connectivity index (χ1) is 6.13. The van der Waals surface area contributed by atoms with Crippen LogP contribution in [0.3, 0.4) is 0 Å². The molecule has 1 amide bonds. The van der Waals surface area contributed by atoms with Crippen LogP contribution in [-0.2, 0) is 0 Å². The fourth-order valence-electron chi connectivity index (χ4n) is 0.625. The van der Waals surface area contributed by atoms with E-state index in [1.54, 1.807) is 6.07 Å². The second kappa shape index (κ2) is 3.53. The number of carbonyl (C=O) groups is 1. The minimum atomic E-state index is -0.810. The van der Waals surface area contributed by atoms with E-state index in [-0.39, 0.29) is 5.82 Å². The van der Waals surface area contributed by atoms with Crippen LogP contribution in [0.15, 0.2) is 9.32 Å². The second-order valence-electron chi connectivity index (χ2n) is 2.27. The highest BCUT2D eigenvalue weighted by Gasteiger charge is 2.13. The zero-order valence-electron chi connectivity index (χ0n) is 6.70. The standard InChI is InChI=1S/C6H6N4O3/c1-3(2-7)8-5(11)4-9-6(12)13-10-4/h3H,1H3,(H,8,11)(H,9,10,12). The normalized spacial score (nSPS) is 11.7. The van der Waals surface area contributed by atoms with E-state index < -0.39 is 17.7 Å². The molecule has 0 aliphatic rings. The average Bonchev–Trinajstić information content (AvgIpc) is 2.51. The first-order valence-electron chi connectivity index (χ1n) is 3.40. The number of amides is 1. The van der Waals surface area contributed by atoms with Crippen LogP contribution < -0.4 is 11.1 Å². The summed E-state index contributed by atoms with van der Waals surface area (Å²) < 4.78 is 4.10. The van der Waals surface area contributed by atoms with E-state index in [0.717, 1.165) is 0 Å². The minimum Gasteiger partial charge on any atom is -0.334 e. The van der Waals surface area contributed by atoms with Crippen molar-refractivity contribution in [3.63, 3.8) is 0 Å². The summed E-state index contributed by atoms with van der Waals surface area (Å²) in [5, 5.41) is 13.8. The zero-order valence-corrected chi connectivity index (χ0v) is 6.70. The molecule has 0 saturated heterocycles. The van der Waals surface area contributed by atoms with Gasteiger partial charge in [-0.25, -0.2) is 4.79 Å². The predicted octanol–water partition coefficient (Wildman–Crippen LogP) is -0.995. The number of aromatic amines is 1. The van der Waals surface area contributed by atoms with E-state index >= 15 is 0 Å². The Morgan fingerprint density at radius 2 is 2.54 bits per heavy atom. The molecule has 1 unspecified atom stereocenters. The van der Waals surface area contributed by atoms with Crippen molar-refractivity contribution < 1.29 is 9.32 Å². The Hall–Kier alpha value is -2.10. The van der Waals surface area contributed by atoms with Crippen LogP contribution in [-0.4, -0.2) is 22.1 Å². The fourth-order valence-corrected chi connectivity index (χ4v) is 0.625. The van der Waals surface area contributed by atoms with Crippen LogP contribution in [0.2, 0.25) is 0 Å². The molecule has 68 valence electrons. The van der Waals surface area contributed by atoms with Crippen molar-refractivity contribution in [3.8, 4) is 6.07 Å². The molecule has 0 radical (unpaired) electrons. The van der Waals surface area contributed by atoms with Crippen molar-refractivity contribution in [2.24, 2.45) is 0 Å². The van der Waals surface area contributed by atoms with Crippen LogP contribution in [0.4, 0.5) is 0 Å². The summed E-state index contributed by atoms with van der Waals surface area (Å²) in [6.45, 7) is 1.50. The van der Waals surface area contributed by atoms with E-state index in [9.17, 15) is 9.59 Å². The number of nitrogens with one attached hydrogen (secondary N) is 2. The van der Waals surface area contributed by atoms with Crippen molar-refractivity contribution in [2.45, 2.75) is 13.0 Å². The quantitative estimate of drug-likeness (QED) is 0.609. The Balaban J connectivity index is 2.71. The Morgan fingerprint density at radius 1 is 1.85 bits per heavy atom. The molecule has 2 N–H and O–H groups in total. The van der Waals surface area contributed by atoms with Gasteiger partial charge in [0.05, 0.1) is 6.07 Å². The van der Waals surface area contributed by atoms with Gasteiger partial charge in [-0.1, -0.05) is 0 Å². The first-order valence-corrected chi connectivity index (χ1v) is 3.40. The molecule has 7 heteroatoms. The lowest BCUT2D eigenvalue weighted by Gasteiger charge is -2.01. The molecule has 1 rings (SSSR count). The lowest BCUT2D eigenvalue weighted by Crippen LogP contribution is -2.32. The van der Waals surface area contributed by atoms with Gasteiger partial charge in [-0.15, -0.1) is 0 Å². The molecule has 7 nitrogen and oxygen atoms in total. The molecule has 0 spiro atoms. The Morgan fingerprint density at radius 3 is 3.00 bits per heavy atom. The number of hydrogen-bond donors (Lipinski definition) is 2. The third-order valence-electron chi connectivity index (χ3n) is 1.20. The number of nitrogens with zero attached hydrogens (tertiary/aromatic N) is 2. The lowest BCUT2D eigenvalue weighted by atomic mass is 10.4. The fraction of sp³-hybridized carbons (Fsp3) is 0.333. The highest BCUT2D eigenvalue weighted by molar-refractivity contribution is 5.90. The van der Waals surface area contributed by atoms with E-state index in [1.165, 1.54) is 6.92 Å². The van der Waals surface area contributed by atoms with Gasteiger partial charge < -0.3 is 5.32 Å². The van der Waals surface area contributed by atoms with E-state index in [4.69, 9.17) is 5.26 Å². The van der Waals surface area contributed by atoms with Crippen molar-refractivity contribution in [3.05, 3.63) is 16.4 Å². The maximum Gasteiger partial charge on any atom is 0.439 e. The van der Waals surface area contributed by atoms with Crippen molar-refractivity contribution in [2.75, 3.05) is 0 Å². The summed E-state index contributed by atoms with van der Waals surface area (Å²) >= 11 is 0. The number of aromatic nitrogens is 2. The summed E-state index contributed by atoms with van der Waals surface area (Å²) in [5.41, 5.74) is 0. The van der Waals surface area contributed by atoms with Gasteiger partial charge in [0.2, 0.25) is 5.82 Å². The van der Waals surface area contributed by atoms with E-state index in [1.807, 2.05) is 0 Å². The van der Waals surface area contributed by atoms with Gasteiger partial charge in [0.15, 0.2) is 0 Å². The Labute approximate surface area is 72.3 Å². The Kier molecular flexibility index (Phi) is 2.44. The summed E-state index contributed by atoms with van der Waals surface area (Å²) in [6.07, 6.45) is 0. The van der Waals surface area contributed by atoms with Gasteiger partial charge in [-0.3, -0.25) is 14.3 Å². The van der Waals surface area contributed by atoms with Crippen LogP contribution in [0.5, 0.6) is 0 Å². The molecular formula is C6H6N4O3. The molecule has 1 heterocycles. The molecule has 1 atom stereocenters. The lowest BCUT2D eigenvalue weighted by molar-refractivity contribution is 0.0934. The van der Waals surface area contributed by atoms with E-state index in [0.29, 0.717) is 0 Å². The molecule has 0 bridgehead atoms. The highest BCUT2D eigenvalue weighted by Crippen LogP contribution is 1.86. The number of H-pyrrole nitrogens is 1. The van der Waals surface area contributed by atoms with Crippen LogP contribution in [0.1, 0.15) is 17.5 Å². The largest absolute Gasteiger partial charge is 0.439 e. The third-order valence-corrected chi connectivity index (χ3v) is 1.20. The molecule has 1 aromatic rings. The van der Waals surface area contributed by atoms with Gasteiger partial charge in [0.25, 0.3) is 5.91 Å². The molecule has 1 aromatic heterocycles. The predicted molar refractivity (Wildman–Crippen MR) is 39.7 cm³/mol. The van der Waals surface area contributed by atoms with Gasteiger partial charge in [-0.2, -0.15) is 5.26 Å². The van der Waals surface area contributed by atoms with Crippen LogP contribution in [0.25, 0.3) is 0 Å². The summed E-state index contributed by atoms with van der Waals surface area (Å²) in [5.74, 6) is -1.71. The average molecular weight is 182 g/mol. The molecule has 0 fully saturated rings. The first kappa shape index (κ1) is 8.99. The van der Waals surface area contributed by atoms with Crippen molar-refractivity contribution in [1.82, 2.24) is 15.5 Å².